The Morgan fingerprint density at radius 2 is 2.05 bits per heavy atom. The Labute approximate surface area is 117 Å². The highest BCUT2D eigenvalue weighted by molar-refractivity contribution is 7.99. The van der Waals surface area contributed by atoms with E-state index in [1.807, 2.05) is 0 Å². The van der Waals surface area contributed by atoms with Crippen molar-refractivity contribution in [1.82, 2.24) is 9.78 Å². The summed E-state index contributed by atoms with van der Waals surface area (Å²) in [6.45, 7) is 0. The third kappa shape index (κ3) is 3.13. The fourth-order valence-corrected chi connectivity index (χ4v) is 2.53. The summed E-state index contributed by atoms with van der Waals surface area (Å²) in [6.07, 6.45) is -1.28. The number of hydrogen-bond acceptors (Lipinski definition) is 3. The minimum Gasteiger partial charge on any atom is -0.384 e. The van der Waals surface area contributed by atoms with Gasteiger partial charge in [-0.3, -0.25) is 10.1 Å². The third-order valence-corrected chi connectivity index (χ3v) is 3.44. The van der Waals surface area contributed by atoms with Gasteiger partial charge in [0.25, 0.3) is 0 Å². The molecule has 20 heavy (non-hydrogen) atoms. The zero-order chi connectivity index (χ0) is 14.9. The summed E-state index contributed by atoms with van der Waals surface area (Å²) >= 11 is 1.16. The molecule has 0 bridgehead atoms. The average molecular weight is 300 g/mol. The molecule has 4 nitrogen and oxygen atoms in total. The van der Waals surface area contributed by atoms with Crippen LogP contribution in [0.2, 0.25) is 0 Å². The minimum absolute atomic E-state index is 0.312. The molecule has 0 amide bonds. The van der Waals surface area contributed by atoms with Crippen LogP contribution in [-0.4, -0.2) is 15.6 Å². The van der Waals surface area contributed by atoms with Crippen LogP contribution in [0.25, 0.3) is 0 Å². The van der Waals surface area contributed by atoms with E-state index in [9.17, 15) is 13.2 Å². The number of rotatable bonds is 3. The zero-order valence-corrected chi connectivity index (χ0v) is 11.2. The fraction of sp³-hybridized carbons (Fsp3) is 0.167. The molecule has 0 saturated heterocycles. The van der Waals surface area contributed by atoms with Crippen LogP contribution >= 0.6 is 11.8 Å². The Hall–Kier alpha value is -1.96. The molecule has 1 aromatic carbocycles. The molecule has 0 aliphatic carbocycles. The van der Waals surface area contributed by atoms with Gasteiger partial charge in [0.1, 0.15) is 5.84 Å². The van der Waals surface area contributed by atoms with Crippen LogP contribution in [0.15, 0.2) is 40.4 Å². The molecule has 0 spiro atoms. The van der Waals surface area contributed by atoms with Crippen molar-refractivity contribution < 1.29 is 13.2 Å². The van der Waals surface area contributed by atoms with Crippen molar-refractivity contribution in [3.8, 4) is 0 Å². The predicted octanol–water partition coefficient (Wildman–Crippen LogP) is 2.87. The highest BCUT2D eigenvalue weighted by Gasteiger charge is 2.34. The molecule has 2 rings (SSSR count). The number of aryl methyl sites for hydroxylation is 1. The van der Waals surface area contributed by atoms with Crippen molar-refractivity contribution >= 4 is 17.6 Å². The molecule has 2 aromatic rings. The van der Waals surface area contributed by atoms with Gasteiger partial charge in [-0.1, -0.05) is 11.8 Å². The Morgan fingerprint density at radius 1 is 1.35 bits per heavy atom. The number of nitrogens with one attached hydrogen (secondary N) is 1. The van der Waals surface area contributed by atoms with Gasteiger partial charge in [0.05, 0.1) is 16.7 Å². The molecule has 0 aliphatic rings. The van der Waals surface area contributed by atoms with Crippen LogP contribution < -0.4 is 5.73 Å². The number of hydrogen-bond donors (Lipinski definition) is 2. The standard InChI is InChI=1S/C12H11F3N4S/c1-19-6-8(5-18-19)20-7-2-3-9(11(16)17)10(4-7)12(13,14)15/h2-6H,1H3,(H3,16,17). The lowest BCUT2D eigenvalue weighted by atomic mass is 10.1. The zero-order valence-electron chi connectivity index (χ0n) is 10.4. The molecule has 3 N–H and O–H groups in total. The van der Waals surface area contributed by atoms with Crippen molar-refractivity contribution in [3.05, 3.63) is 41.7 Å². The molecule has 8 heteroatoms. The molecule has 0 saturated carbocycles. The smallest absolute Gasteiger partial charge is 0.384 e. The number of alkyl halides is 3. The van der Waals surface area contributed by atoms with Gasteiger partial charge in [0.15, 0.2) is 0 Å². The van der Waals surface area contributed by atoms with Crippen LogP contribution in [0.4, 0.5) is 13.2 Å². The van der Waals surface area contributed by atoms with Gasteiger partial charge in [0, 0.05) is 23.7 Å². The maximum absolute atomic E-state index is 13.0. The van der Waals surface area contributed by atoms with E-state index in [4.69, 9.17) is 11.1 Å². The monoisotopic (exact) mass is 300 g/mol. The quantitative estimate of drug-likeness (QED) is 0.676. The first-order valence-corrected chi connectivity index (χ1v) is 6.31. The lowest BCUT2D eigenvalue weighted by Gasteiger charge is -2.13. The van der Waals surface area contributed by atoms with Crippen LogP contribution in [0, 0.1) is 5.41 Å². The van der Waals surface area contributed by atoms with Crippen LogP contribution in [0.5, 0.6) is 0 Å². The van der Waals surface area contributed by atoms with E-state index in [0.717, 1.165) is 22.7 Å². The number of amidine groups is 1. The van der Waals surface area contributed by atoms with Gasteiger partial charge in [-0.25, -0.2) is 0 Å². The van der Waals surface area contributed by atoms with Gasteiger partial charge in [-0.15, -0.1) is 0 Å². The number of nitrogens with zero attached hydrogens (tertiary/aromatic N) is 2. The molecule has 0 fully saturated rings. The Balaban J connectivity index is 2.39. The average Bonchev–Trinajstić information content (AvgIpc) is 2.73. The lowest BCUT2D eigenvalue weighted by Crippen LogP contribution is -2.18. The first-order chi connectivity index (χ1) is 9.27. The van der Waals surface area contributed by atoms with Crippen LogP contribution in [0.3, 0.4) is 0 Å². The summed E-state index contributed by atoms with van der Waals surface area (Å²) in [7, 11) is 1.73. The van der Waals surface area contributed by atoms with Crippen LogP contribution in [0.1, 0.15) is 11.1 Å². The van der Waals surface area contributed by atoms with Gasteiger partial charge in [-0.05, 0) is 18.2 Å². The lowest BCUT2D eigenvalue weighted by molar-refractivity contribution is -0.137. The number of nitrogens with two attached hydrogens (primary N) is 1. The van der Waals surface area contributed by atoms with Gasteiger partial charge < -0.3 is 5.73 Å². The Kier molecular flexibility index (Phi) is 3.76. The van der Waals surface area contributed by atoms with Crippen molar-refractivity contribution in [1.29, 1.82) is 5.41 Å². The largest absolute Gasteiger partial charge is 0.417 e. The Bertz CT molecular complexity index is 648. The topological polar surface area (TPSA) is 67.7 Å². The van der Waals surface area contributed by atoms with E-state index in [-0.39, 0.29) is 5.56 Å². The molecular formula is C12H11F3N4S. The molecule has 1 aromatic heterocycles. The van der Waals surface area contributed by atoms with Gasteiger partial charge >= 0.3 is 6.18 Å². The SMILES string of the molecule is Cn1cc(Sc2ccc(C(=N)N)c(C(F)(F)F)c2)cn1. The molecule has 1 heterocycles. The summed E-state index contributed by atoms with van der Waals surface area (Å²) in [4.78, 5) is 1.14. The third-order valence-electron chi connectivity index (χ3n) is 2.50. The molecule has 0 radical (unpaired) electrons. The number of aromatic nitrogens is 2. The first-order valence-electron chi connectivity index (χ1n) is 5.49. The summed E-state index contributed by atoms with van der Waals surface area (Å²) < 4.78 is 40.4. The highest BCUT2D eigenvalue weighted by Crippen LogP contribution is 2.36. The van der Waals surface area contributed by atoms with Crippen molar-refractivity contribution in [3.63, 3.8) is 0 Å². The minimum atomic E-state index is -4.55. The maximum atomic E-state index is 13.0. The molecule has 0 atom stereocenters. The number of benzene rings is 1. The van der Waals surface area contributed by atoms with E-state index >= 15 is 0 Å². The predicted molar refractivity (Wildman–Crippen MR) is 69.8 cm³/mol. The van der Waals surface area contributed by atoms with Gasteiger partial charge in [-0.2, -0.15) is 18.3 Å². The van der Waals surface area contributed by atoms with Crippen LogP contribution in [-0.2, 0) is 13.2 Å². The Morgan fingerprint density at radius 3 is 2.55 bits per heavy atom. The molecular weight excluding hydrogens is 289 g/mol. The number of halogens is 3. The van der Waals surface area contributed by atoms with Crippen molar-refractivity contribution in [2.45, 2.75) is 16.0 Å². The molecule has 0 unspecified atom stereocenters. The summed E-state index contributed by atoms with van der Waals surface area (Å²) in [5, 5.41) is 11.2. The second-order valence-electron chi connectivity index (χ2n) is 4.07. The normalized spacial score (nSPS) is 11.6. The van der Waals surface area contributed by atoms with Gasteiger partial charge in [0.2, 0.25) is 0 Å². The number of nitrogen functional groups attached to an aromatic ring is 1. The summed E-state index contributed by atoms with van der Waals surface area (Å²) in [6, 6.07) is 3.71. The first kappa shape index (κ1) is 14.4. The van der Waals surface area contributed by atoms with E-state index in [0.29, 0.717) is 4.90 Å². The fourth-order valence-electron chi connectivity index (χ4n) is 1.64. The summed E-state index contributed by atoms with van der Waals surface area (Å²) in [5.41, 5.74) is 3.96. The molecule has 106 valence electrons. The highest BCUT2D eigenvalue weighted by atomic mass is 32.2. The molecule has 0 aliphatic heterocycles. The summed E-state index contributed by atoms with van der Waals surface area (Å²) in [5.74, 6) is -0.602. The van der Waals surface area contributed by atoms with E-state index in [1.165, 1.54) is 12.1 Å². The second-order valence-corrected chi connectivity index (χ2v) is 5.22. The van der Waals surface area contributed by atoms with E-state index < -0.39 is 17.6 Å². The van der Waals surface area contributed by atoms with Crippen molar-refractivity contribution in [2.24, 2.45) is 12.8 Å². The van der Waals surface area contributed by atoms with E-state index in [1.54, 1.807) is 24.1 Å². The second kappa shape index (κ2) is 5.20. The van der Waals surface area contributed by atoms with Crippen molar-refractivity contribution in [2.75, 3.05) is 0 Å². The maximum Gasteiger partial charge on any atom is 0.417 e. The van der Waals surface area contributed by atoms with E-state index in [2.05, 4.69) is 5.10 Å².